The number of anilines is 1. The molecule has 0 aliphatic carbocycles. The van der Waals surface area contributed by atoms with Gasteiger partial charge in [0.2, 0.25) is 0 Å². The van der Waals surface area contributed by atoms with E-state index in [9.17, 15) is 14.4 Å². The van der Waals surface area contributed by atoms with Gasteiger partial charge in [0, 0.05) is 40.2 Å². The molecule has 0 spiro atoms. The minimum atomic E-state index is -0.948. The highest BCUT2D eigenvalue weighted by molar-refractivity contribution is 9.10. The van der Waals surface area contributed by atoms with E-state index < -0.39 is 11.8 Å². The minimum Gasteiger partial charge on any atom is -0.378 e. The molecule has 1 aromatic heterocycles. The number of carbonyl (C=O) groups excluding carboxylic acids is 3. The van der Waals surface area contributed by atoms with Crippen LogP contribution in [0.2, 0.25) is 0 Å². The number of morpholine rings is 1. The summed E-state index contributed by atoms with van der Waals surface area (Å²) in [6.45, 7) is 1.88. The first-order chi connectivity index (χ1) is 15.5. The van der Waals surface area contributed by atoms with Gasteiger partial charge in [-0.15, -0.1) is 0 Å². The number of ether oxygens (including phenoxy) is 1. The topological polar surface area (TPSA) is 116 Å². The van der Waals surface area contributed by atoms with E-state index in [2.05, 4.69) is 36.8 Å². The van der Waals surface area contributed by atoms with E-state index in [1.54, 1.807) is 35.4 Å². The van der Waals surface area contributed by atoms with Crippen molar-refractivity contribution in [2.24, 2.45) is 5.10 Å². The molecule has 4 rings (SSSR count). The van der Waals surface area contributed by atoms with E-state index >= 15 is 0 Å². The normalized spacial score (nSPS) is 14.0. The van der Waals surface area contributed by atoms with Gasteiger partial charge in [-0.05, 0) is 30.3 Å². The molecule has 2 aromatic carbocycles. The molecule has 164 valence electrons. The molecule has 3 aromatic rings. The summed E-state index contributed by atoms with van der Waals surface area (Å²) in [5, 5.41) is 7.29. The van der Waals surface area contributed by atoms with Crippen molar-refractivity contribution in [3.63, 3.8) is 0 Å². The standard InChI is InChI=1S/C22H20BrN5O4/c23-15-5-6-18-17(11-15)14(12-24-18)13-25-27-21(30)20(29)26-19-4-2-1-3-16(19)22(31)28-7-9-32-10-8-28/h1-6,11-13,24H,7-10H2,(H,26,29)(H,27,30). The number of fused-ring (bicyclic) bond motifs is 1. The fourth-order valence-corrected chi connectivity index (χ4v) is 3.69. The first kappa shape index (κ1) is 21.7. The number of hydrogen-bond acceptors (Lipinski definition) is 5. The second-order valence-corrected chi connectivity index (χ2v) is 7.95. The maximum atomic E-state index is 12.8. The molecule has 3 amide bonds. The summed E-state index contributed by atoms with van der Waals surface area (Å²) >= 11 is 3.42. The molecule has 0 radical (unpaired) electrons. The van der Waals surface area contributed by atoms with Gasteiger partial charge in [0.25, 0.3) is 5.91 Å². The van der Waals surface area contributed by atoms with Crippen molar-refractivity contribution in [1.82, 2.24) is 15.3 Å². The number of amides is 3. The lowest BCUT2D eigenvalue weighted by molar-refractivity contribution is -0.136. The highest BCUT2D eigenvalue weighted by atomic mass is 79.9. The average Bonchev–Trinajstić information content (AvgIpc) is 3.21. The molecule has 9 nitrogen and oxygen atoms in total. The number of benzene rings is 2. The van der Waals surface area contributed by atoms with Crippen LogP contribution in [0.3, 0.4) is 0 Å². The van der Waals surface area contributed by atoms with Crippen molar-refractivity contribution in [2.75, 3.05) is 31.6 Å². The first-order valence-corrected chi connectivity index (χ1v) is 10.7. The number of halogens is 1. The zero-order chi connectivity index (χ0) is 22.5. The second-order valence-electron chi connectivity index (χ2n) is 7.04. The predicted molar refractivity (Wildman–Crippen MR) is 124 cm³/mol. The third-order valence-electron chi connectivity index (χ3n) is 4.96. The molecule has 1 fully saturated rings. The molecule has 0 unspecified atom stereocenters. The molecule has 1 aliphatic rings. The van der Waals surface area contributed by atoms with Crippen molar-refractivity contribution in [1.29, 1.82) is 0 Å². The number of aromatic nitrogens is 1. The van der Waals surface area contributed by atoms with E-state index in [0.29, 0.717) is 31.9 Å². The smallest absolute Gasteiger partial charge is 0.329 e. The van der Waals surface area contributed by atoms with Crippen LogP contribution in [0.5, 0.6) is 0 Å². The van der Waals surface area contributed by atoms with E-state index in [1.165, 1.54) is 6.21 Å². The third-order valence-corrected chi connectivity index (χ3v) is 5.45. The number of para-hydroxylation sites is 1. The van der Waals surface area contributed by atoms with Crippen LogP contribution in [0.25, 0.3) is 10.9 Å². The number of rotatable bonds is 4. The van der Waals surface area contributed by atoms with Gasteiger partial charge in [-0.2, -0.15) is 5.10 Å². The quantitative estimate of drug-likeness (QED) is 0.291. The molecule has 2 heterocycles. The summed E-state index contributed by atoms with van der Waals surface area (Å²) in [6.07, 6.45) is 3.20. The molecule has 10 heteroatoms. The van der Waals surface area contributed by atoms with Crippen molar-refractivity contribution >= 4 is 56.5 Å². The number of hydrazone groups is 1. The summed E-state index contributed by atoms with van der Waals surface area (Å²) in [4.78, 5) is 42.1. The Hall–Kier alpha value is -3.50. The first-order valence-electron chi connectivity index (χ1n) is 9.90. The SMILES string of the molecule is O=C(NN=Cc1c[nH]c2ccc(Br)cc12)C(=O)Nc1ccccc1C(=O)N1CCOCC1. The van der Waals surface area contributed by atoms with E-state index in [4.69, 9.17) is 4.74 Å². The number of hydrogen-bond donors (Lipinski definition) is 3. The highest BCUT2D eigenvalue weighted by Crippen LogP contribution is 2.21. The number of nitrogens with one attached hydrogen (secondary N) is 3. The molecule has 1 saturated heterocycles. The van der Waals surface area contributed by atoms with Crippen molar-refractivity contribution in [2.45, 2.75) is 0 Å². The zero-order valence-corrected chi connectivity index (χ0v) is 18.5. The summed E-state index contributed by atoms with van der Waals surface area (Å²) in [6, 6.07) is 12.3. The Kier molecular flexibility index (Phi) is 6.62. The number of carbonyl (C=O) groups is 3. The Morgan fingerprint density at radius 1 is 1.09 bits per heavy atom. The molecule has 32 heavy (non-hydrogen) atoms. The number of H-pyrrole nitrogens is 1. The summed E-state index contributed by atoms with van der Waals surface area (Å²) < 4.78 is 6.18. The predicted octanol–water partition coefficient (Wildman–Crippen LogP) is 2.49. The van der Waals surface area contributed by atoms with E-state index in [0.717, 1.165) is 20.9 Å². The third kappa shape index (κ3) is 4.87. The van der Waals surface area contributed by atoms with Crippen molar-refractivity contribution < 1.29 is 19.1 Å². The molecule has 0 saturated carbocycles. The Balaban J connectivity index is 1.40. The van der Waals surface area contributed by atoms with E-state index in [-0.39, 0.29) is 11.6 Å². The molecular formula is C22H20BrN5O4. The van der Waals surface area contributed by atoms with Gasteiger partial charge >= 0.3 is 11.8 Å². The fourth-order valence-electron chi connectivity index (χ4n) is 3.33. The van der Waals surface area contributed by atoms with Crippen LogP contribution in [-0.4, -0.2) is 60.1 Å². The van der Waals surface area contributed by atoms with Crippen LogP contribution >= 0.6 is 15.9 Å². The number of aromatic amines is 1. The van der Waals surface area contributed by atoms with E-state index in [1.807, 2.05) is 18.2 Å². The van der Waals surface area contributed by atoms with Crippen molar-refractivity contribution in [3.8, 4) is 0 Å². The summed E-state index contributed by atoms with van der Waals surface area (Å²) in [7, 11) is 0. The second kappa shape index (κ2) is 9.75. The Labute approximate surface area is 191 Å². The molecular weight excluding hydrogens is 478 g/mol. The van der Waals surface area contributed by atoms with Crippen LogP contribution in [0.4, 0.5) is 5.69 Å². The van der Waals surface area contributed by atoms with Gasteiger partial charge < -0.3 is 19.9 Å². The van der Waals surface area contributed by atoms with Gasteiger partial charge in [-0.25, -0.2) is 5.43 Å². The molecule has 3 N–H and O–H groups in total. The summed E-state index contributed by atoms with van der Waals surface area (Å²) in [5.41, 5.74) is 4.45. The van der Waals surface area contributed by atoms with Crippen LogP contribution in [-0.2, 0) is 14.3 Å². The minimum absolute atomic E-state index is 0.229. The monoisotopic (exact) mass is 497 g/mol. The van der Waals surface area contributed by atoms with Crippen LogP contribution in [0, 0.1) is 0 Å². The summed E-state index contributed by atoms with van der Waals surface area (Å²) in [5.74, 6) is -2.10. The largest absolute Gasteiger partial charge is 0.378 e. The molecule has 0 atom stereocenters. The average molecular weight is 498 g/mol. The van der Waals surface area contributed by atoms with Crippen LogP contribution in [0.1, 0.15) is 15.9 Å². The lowest BCUT2D eigenvalue weighted by Crippen LogP contribution is -2.41. The highest BCUT2D eigenvalue weighted by Gasteiger charge is 2.22. The van der Waals surface area contributed by atoms with Gasteiger partial charge in [-0.3, -0.25) is 14.4 Å². The van der Waals surface area contributed by atoms with Gasteiger partial charge in [0.15, 0.2) is 0 Å². The Morgan fingerprint density at radius 2 is 1.88 bits per heavy atom. The maximum absolute atomic E-state index is 12.8. The van der Waals surface area contributed by atoms with Crippen LogP contribution < -0.4 is 10.7 Å². The molecule has 0 bridgehead atoms. The van der Waals surface area contributed by atoms with Gasteiger partial charge in [-0.1, -0.05) is 28.1 Å². The van der Waals surface area contributed by atoms with Gasteiger partial charge in [0.1, 0.15) is 0 Å². The fraction of sp³-hybridized carbons (Fsp3) is 0.182. The van der Waals surface area contributed by atoms with Crippen molar-refractivity contribution in [3.05, 3.63) is 64.3 Å². The lowest BCUT2D eigenvalue weighted by Gasteiger charge is -2.27. The molecule has 1 aliphatic heterocycles. The Morgan fingerprint density at radius 3 is 2.69 bits per heavy atom. The Bertz CT molecular complexity index is 1200. The van der Waals surface area contributed by atoms with Crippen LogP contribution in [0.15, 0.2) is 58.2 Å². The van der Waals surface area contributed by atoms with Gasteiger partial charge in [0.05, 0.1) is 30.7 Å². The zero-order valence-electron chi connectivity index (χ0n) is 16.9. The maximum Gasteiger partial charge on any atom is 0.329 e. The number of nitrogens with zero attached hydrogens (tertiary/aromatic N) is 2. The lowest BCUT2D eigenvalue weighted by atomic mass is 10.1.